The maximum Gasteiger partial charge on any atom is 0.257 e. The van der Waals surface area contributed by atoms with Crippen LogP contribution < -0.4 is 0 Å². The van der Waals surface area contributed by atoms with Gasteiger partial charge in [-0.15, -0.1) is 0 Å². The molecular formula is C17H20FN3O2. The highest BCUT2D eigenvalue weighted by atomic mass is 19.1. The second-order valence-electron chi connectivity index (χ2n) is 5.78. The predicted octanol–water partition coefficient (Wildman–Crippen LogP) is 2.39. The van der Waals surface area contributed by atoms with E-state index in [1.807, 2.05) is 20.9 Å². The van der Waals surface area contributed by atoms with Crippen LogP contribution in [0.2, 0.25) is 0 Å². The number of benzene rings is 1. The van der Waals surface area contributed by atoms with Gasteiger partial charge in [0, 0.05) is 24.8 Å². The normalized spacial score (nSPS) is 18.3. The summed E-state index contributed by atoms with van der Waals surface area (Å²) < 4.78 is 21.4. The quantitative estimate of drug-likeness (QED) is 0.854. The second-order valence-corrected chi connectivity index (χ2v) is 5.78. The van der Waals surface area contributed by atoms with E-state index in [1.54, 1.807) is 21.7 Å². The monoisotopic (exact) mass is 317 g/mol. The van der Waals surface area contributed by atoms with Gasteiger partial charge in [0.25, 0.3) is 5.91 Å². The lowest BCUT2D eigenvalue weighted by Gasteiger charge is -2.36. The van der Waals surface area contributed by atoms with Crippen LogP contribution in [0.1, 0.15) is 33.4 Å². The zero-order chi connectivity index (χ0) is 16.6. The fourth-order valence-electron chi connectivity index (χ4n) is 3.15. The van der Waals surface area contributed by atoms with Gasteiger partial charge in [-0.05, 0) is 26.0 Å². The van der Waals surface area contributed by atoms with Crippen LogP contribution in [-0.2, 0) is 11.8 Å². The molecule has 23 heavy (non-hydrogen) atoms. The number of halogens is 1. The van der Waals surface area contributed by atoms with Crippen molar-refractivity contribution in [1.82, 2.24) is 14.7 Å². The Balaban J connectivity index is 1.99. The van der Waals surface area contributed by atoms with E-state index in [0.29, 0.717) is 19.8 Å². The standard InChI is InChI=1S/C17H20FN3O2/c1-11-16(12(2)20(3)19-11)15-10-23-9-8-21(15)17(22)13-6-4-5-7-14(13)18/h4-7,15H,8-10H2,1-3H3/t15-/m0/s1. The largest absolute Gasteiger partial charge is 0.377 e. The van der Waals surface area contributed by atoms with Gasteiger partial charge < -0.3 is 9.64 Å². The molecule has 122 valence electrons. The average Bonchev–Trinajstić information content (AvgIpc) is 2.80. The Kier molecular flexibility index (Phi) is 4.17. The van der Waals surface area contributed by atoms with Crippen LogP contribution in [0.5, 0.6) is 0 Å². The highest BCUT2D eigenvalue weighted by Gasteiger charge is 2.33. The Bertz CT molecular complexity index is 741. The summed E-state index contributed by atoms with van der Waals surface area (Å²) in [5.74, 6) is -0.804. The molecule has 0 bridgehead atoms. The molecule has 0 saturated carbocycles. The molecule has 3 rings (SSSR count). The summed E-state index contributed by atoms with van der Waals surface area (Å²) in [6.45, 7) is 5.17. The van der Waals surface area contributed by atoms with E-state index < -0.39 is 5.82 Å². The smallest absolute Gasteiger partial charge is 0.257 e. The molecular weight excluding hydrogens is 297 g/mol. The highest BCUT2D eigenvalue weighted by Crippen LogP contribution is 2.30. The number of carbonyl (C=O) groups excluding carboxylic acids is 1. The third-order valence-electron chi connectivity index (χ3n) is 4.39. The van der Waals surface area contributed by atoms with Gasteiger partial charge in [-0.25, -0.2) is 4.39 Å². The van der Waals surface area contributed by atoms with E-state index in [-0.39, 0.29) is 17.5 Å². The first-order valence-corrected chi connectivity index (χ1v) is 7.64. The van der Waals surface area contributed by atoms with E-state index >= 15 is 0 Å². The summed E-state index contributed by atoms with van der Waals surface area (Å²) in [4.78, 5) is 14.5. The zero-order valence-corrected chi connectivity index (χ0v) is 13.5. The van der Waals surface area contributed by atoms with Crippen LogP contribution in [0.3, 0.4) is 0 Å². The molecule has 0 N–H and O–H groups in total. The summed E-state index contributed by atoms with van der Waals surface area (Å²) in [6.07, 6.45) is 0. The van der Waals surface area contributed by atoms with Crippen molar-refractivity contribution in [2.45, 2.75) is 19.9 Å². The predicted molar refractivity (Wildman–Crippen MR) is 83.7 cm³/mol. The summed E-state index contributed by atoms with van der Waals surface area (Å²) in [5.41, 5.74) is 2.94. The highest BCUT2D eigenvalue weighted by molar-refractivity contribution is 5.94. The third-order valence-corrected chi connectivity index (χ3v) is 4.39. The molecule has 6 heteroatoms. The van der Waals surface area contributed by atoms with Gasteiger partial charge in [0.05, 0.1) is 30.5 Å². The van der Waals surface area contributed by atoms with Crippen molar-refractivity contribution in [3.8, 4) is 0 Å². The van der Waals surface area contributed by atoms with Crippen LogP contribution in [-0.4, -0.2) is 40.3 Å². The molecule has 0 unspecified atom stereocenters. The Morgan fingerprint density at radius 3 is 2.74 bits per heavy atom. The molecule has 0 radical (unpaired) electrons. The molecule has 2 aromatic rings. The van der Waals surface area contributed by atoms with Crippen LogP contribution >= 0.6 is 0 Å². The van der Waals surface area contributed by atoms with Crippen molar-refractivity contribution >= 4 is 5.91 Å². The number of amides is 1. The maximum atomic E-state index is 14.0. The first kappa shape index (κ1) is 15.7. The van der Waals surface area contributed by atoms with Crippen molar-refractivity contribution in [1.29, 1.82) is 0 Å². The Hall–Kier alpha value is -2.21. The minimum absolute atomic E-state index is 0.0959. The summed E-state index contributed by atoms with van der Waals surface area (Å²) in [5, 5.41) is 4.42. The number of ether oxygens (including phenoxy) is 1. The van der Waals surface area contributed by atoms with Gasteiger partial charge in [0.15, 0.2) is 0 Å². The number of morpholine rings is 1. The number of hydrogen-bond acceptors (Lipinski definition) is 3. The molecule has 0 spiro atoms. The van der Waals surface area contributed by atoms with Gasteiger partial charge in [-0.3, -0.25) is 9.48 Å². The molecule has 1 saturated heterocycles. The molecule has 5 nitrogen and oxygen atoms in total. The van der Waals surface area contributed by atoms with Crippen molar-refractivity contribution in [3.05, 3.63) is 52.6 Å². The lowest BCUT2D eigenvalue weighted by atomic mass is 10.0. The van der Waals surface area contributed by atoms with Crippen molar-refractivity contribution in [2.24, 2.45) is 7.05 Å². The fourth-order valence-corrected chi connectivity index (χ4v) is 3.15. The van der Waals surface area contributed by atoms with Gasteiger partial charge in [-0.2, -0.15) is 5.10 Å². The maximum absolute atomic E-state index is 14.0. The fraction of sp³-hybridized carbons (Fsp3) is 0.412. The first-order chi connectivity index (χ1) is 11.0. The molecule has 1 aliphatic heterocycles. The number of nitrogens with zero attached hydrogens (tertiary/aromatic N) is 3. The van der Waals surface area contributed by atoms with Crippen LogP contribution in [0, 0.1) is 19.7 Å². The molecule has 1 aliphatic rings. The lowest BCUT2D eigenvalue weighted by molar-refractivity contribution is -0.00328. The Morgan fingerprint density at radius 2 is 2.09 bits per heavy atom. The van der Waals surface area contributed by atoms with E-state index in [4.69, 9.17) is 4.74 Å². The number of hydrogen-bond donors (Lipinski definition) is 0. The number of carbonyl (C=O) groups is 1. The van der Waals surface area contributed by atoms with E-state index in [9.17, 15) is 9.18 Å². The first-order valence-electron chi connectivity index (χ1n) is 7.64. The van der Waals surface area contributed by atoms with Gasteiger partial charge in [0.2, 0.25) is 0 Å². The second kappa shape index (κ2) is 6.12. The SMILES string of the molecule is Cc1nn(C)c(C)c1[C@@H]1COCCN1C(=O)c1ccccc1F. The molecule has 1 fully saturated rings. The summed E-state index contributed by atoms with van der Waals surface area (Å²) >= 11 is 0. The molecule has 1 atom stereocenters. The molecule has 1 aromatic heterocycles. The van der Waals surface area contributed by atoms with Gasteiger partial charge >= 0.3 is 0 Å². The number of rotatable bonds is 2. The van der Waals surface area contributed by atoms with Crippen molar-refractivity contribution in [3.63, 3.8) is 0 Å². The topological polar surface area (TPSA) is 47.4 Å². The Morgan fingerprint density at radius 1 is 1.35 bits per heavy atom. The minimum Gasteiger partial charge on any atom is -0.377 e. The zero-order valence-electron chi connectivity index (χ0n) is 13.5. The number of aromatic nitrogens is 2. The van der Waals surface area contributed by atoms with Crippen LogP contribution in [0.15, 0.2) is 24.3 Å². The third kappa shape index (κ3) is 2.74. The molecule has 2 heterocycles. The number of aryl methyl sites for hydroxylation is 2. The molecule has 0 aliphatic carbocycles. The summed E-state index contributed by atoms with van der Waals surface area (Å²) in [7, 11) is 1.87. The van der Waals surface area contributed by atoms with Gasteiger partial charge in [0.1, 0.15) is 5.82 Å². The average molecular weight is 317 g/mol. The van der Waals surface area contributed by atoms with Gasteiger partial charge in [-0.1, -0.05) is 12.1 Å². The van der Waals surface area contributed by atoms with Crippen molar-refractivity contribution in [2.75, 3.05) is 19.8 Å². The van der Waals surface area contributed by atoms with E-state index in [1.165, 1.54) is 12.1 Å². The van der Waals surface area contributed by atoms with Crippen LogP contribution in [0.25, 0.3) is 0 Å². The summed E-state index contributed by atoms with van der Waals surface area (Å²) in [6, 6.07) is 5.84. The molecule has 1 amide bonds. The lowest BCUT2D eigenvalue weighted by Crippen LogP contribution is -2.44. The Labute approximate surface area is 134 Å². The van der Waals surface area contributed by atoms with Crippen molar-refractivity contribution < 1.29 is 13.9 Å². The minimum atomic E-state index is -0.498. The van der Waals surface area contributed by atoms with Crippen LogP contribution in [0.4, 0.5) is 4.39 Å². The molecule has 1 aromatic carbocycles. The van der Waals surface area contributed by atoms with E-state index in [2.05, 4.69) is 5.10 Å². The van der Waals surface area contributed by atoms with E-state index in [0.717, 1.165) is 17.0 Å².